The monoisotopic (exact) mass is 350 g/mol. The minimum Gasteiger partial charge on any atom is -0.338 e. The van der Waals surface area contributed by atoms with Crippen molar-refractivity contribution >= 4 is 17.5 Å². The average Bonchev–Trinajstić information content (AvgIpc) is 2.59. The van der Waals surface area contributed by atoms with Crippen molar-refractivity contribution in [2.24, 2.45) is 0 Å². The van der Waals surface area contributed by atoms with E-state index in [-0.39, 0.29) is 18.9 Å². The lowest BCUT2D eigenvalue weighted by atomic mass is 10.2. The molecule has 25 heavy (non-hydrogen) atoms. The molecule has 0 unspecified atom stereocenters. The quantitative estimate of drug-likeness (QED) is 0.811. The molecule has 2 aromatic rings. The van der Waals surface area contributed by atoms with Crippen LogP contribution in [0.5, 0.6) is 0 Å². The fourth-order valence-corrected chi connectivity index (χ4v) is 2.22. The lowest BCUT2D eigenvalue weighted by molar-refractivity contribution is -0.129. The van der Waals surface area contributed by atoms with Gasteiger partial charge in [0.15, 0.2) is 17.5 Å². The largest absolute Gasteiger partial charge is 0.338 e. The van der Waals surface area contributed by atoms with Gasteiger partial charge in [0.05, 0.1) is 5.69 Å². The van der Waals surface area contributed by atoms with Gasteiger partial charge in [-0.3, -0.25) is 9.59 Å². The lowest BCUT2D eigenvalue weighted by Crippen LogP contribution is -2.31. The second-order valence-electron chi connectivity index (χ2n) is 5.45. The van der Waals surface area contributed by atoms with Crippen molar-refractivity contribution in [3.63, 3.8) is 0 Å². The molecule has 0 aromatic heterocycles. The smallest absolute Gasteiger partial charge is 0.226 e. The number of benzene rings is 2. The zero-order valence-corrected chi connectivity index (χ0v) is 13.6. The molecule has 132 valence electrons. The zero-order chi connectivity index (χ0) is 18.4. The van der Waals surface area contributed by atoms with E-state index >= 15 is 0 Å². The number of halogens is 3. The molecule has 0 saturated heterocycles. The molecule has 4 nitrogen and oxygen atoms in total. The first-order valence-corrected chi connectivity index (χ1v) is 7.61. The van der Waals surface area contributed by atoms with Crippen molar-refractivity contribution in [2.75, 3.05) is 11.9 Å². The summed E-state index contributed by atoms with van der Waals surface area (Å²) >= 11 is 0. The van der Waals surface area contributed by atoms with Gasteiger partial charge in [0, 0.05) is 26.4 Å². The first-order chi connectivity index (χ1) is 11.9. The summed E-state index contributed by atoms with van der Waals surface area (Å²) in [5.41, 5.74) is 0.464. The minimum atomic E-state index is -1.65. The third-order valence-corrected chi connectivity index (χ3v) is 3.58. The average molecular weight is 350 g/mol. The highest BCUT2D eigenvalue weighted by Crippen LogP contribution is 2.19. The Morgan fingerprint density at radius 3 is 2.32 bits per heavy atom. The minimum absolute atomic E-state index is 0.106. The van der Waals surface area contributed by atoms with Crippen molar-refractivity contribution in [2.45, 2.75) is 19.9 Å². The first-order valence-electron chi connectivity index (χ1n) is 7.61. The van der Waals surface area contributed by atoms with Crippen LogP contribution in [0.1, 0.15) is 18.9 Å². The Balaban J connectivity index is 1.95. The van der Waals surface area contributed by atoms with E-state index in [9.17, 15) is 22.8 Å². The lowest BCUT2D eigenvalue weighted by Gasteiger charge is -2.21. The molecule has 0 atom stereocenters. The Hall–Kier alpha value is -2.83. The molecular weight excluding hydrogens is 333 g/mol. The standard InChI is InChI=1S/C18H17F3N2O2/c1-12(24)23(11-13-5-3-2-4-6-13)10-9-16(25)22-15-8-7-14(19)17(20)18(15)21/h2-8H,9-11H2,1H3,(H,22,25). The number of amides is 2. The SMILES string of the molecule is CC(=O)N(CCC(=O)Nc1ccc(F)c(F)c1F)Cc1ccccc1. The number of hydrogen-bond donors (Lipinski definition) is 1. The number of hydrogen-bond acceptors (Lipinski definition) is 2. The maximum absolute atomic E-state index is 13.5. The summed E-state index contributed by atoms with van der Waals surface area (Å²) in [6.45, 7) is 1.83. The van der Waals surface area contributed by atoms with Crippen LogP contribution in [0, 0.1) is 17.5 Å². The number of anilines is 1. The van der Waals surface area contributed by atoms with Gasteiger partial charge in [-0.25, -0.2) is 13.2 Å². The van der Waals surface area contributed by atoms with E-state index in [0.717, 1.165) is 17.7 Å². The molecule has 0 aliphatic heterocycles. The summed E-state index contributed by atoms with van der Waals surface area (Å²) in [6, 6.07) is 10.9. The van der Waals surface area contributed by atoms with Crippen LogP contribution in [0.25, 0.3) is 0 Å². The van der Waals surface area contributed by atoms with Crippen molar-refractivity contribution in [3.05, 3.63) is 65.5 Å². The van der Waals surface area contributed by atoms with Gasteiger partial charge in [-0.2, -0.15) is 0 Å². The highest BCUT2D eigenvalue weighted by Gasteiger charge is 2.16. The predicted molar refractivity (Wildman–Crippen MR) is 87.1 cm³/mol. The van der Waals surface area contributed by atoms with E-state index in [1.54, 1.807) is 0 Å². The van der Waals surface area contributed by atoms with Crippen LogP contribution < -0.4 is 5.32 Å². The van der Waals surface area contributed by atoms with E-state index in [0.29, 0.717) is 6.54 Å². The first kappa shape index (κ1) is 18.5. The summed E-state index contributed by atoms with van der Waals surface area (Å²) in [5.74, 6) is -5.26. The van der Waals surface area contributed by atoms with Crippen LogP contribution in [0.4, 0.5) is 18.9 Å². The molecule has 0 aliphatic carbocycles. The van der Waals surface area contributed by atoms with E-state index in [1.165, 1.54) is 11.8 Å². The van der Waals surface area contributed by atoms with Crippen LogP contribution in [-0.2, 0) is 16.1 Å². The third kappa shape index (κ3) is 5.07. The Bertz CT molecular complexity index is 766. The molecular formula is C18H17F3N2O2. The third-order valence-electron chi connectivity index (χ3n) is 3.58. The van der Waals surface area contributed by atoms with Crippen LogP contribution >= 0.6 is 0 Å². The number of nitrogens with zero attached hydrogens (tertiary/aromatic N) is 1. The van der Waals surface area contributed by atoms with E-state index in [1.807, 2.05) is 30.3 Å². The van der Waals surface area contributed by atoms with Crippen molar-refractivity contribution in [1.29, 1.82) is 0 Å². The van der Waals surface area contributed by atoms with Crippen molar-refractivity contribution < 1.29 is 22.8 Å². The zero-order valence-electron chi connectivity index (χ0n) is 13.6. The highest BCUT2D eigenvalue weighted by molar-refractivity contribution is 5.91. The predicted octanol–water partition coefficient (Wildman–Crippen LogP) is 3.48. The molecule has 0 saturated carbocycles. The van der Waals surface area contributed by atoms with Gasteiger partial charge in [-0.1, -0.05) is 30.3 Å². The van der Waals surface area contributed by atoms with Gasteiger partial charge in [0.2, 0.25) is 11.8 Å². The molecule has 2 amide bonds. The normalized spacial score (nSPS) is 10.4. The fourth-order valence-electron chi connectivity index (χ4n) is 2.22. The summed E-state index contributed by atoms with van der Waals surface area (Å²) in [4.78, 5) is 25.1. The molecule has 1 N–H and O–H groups in total. The van der Waals surface area contributed by atoms with E-state index < -0.39 is 29.0 Å². The Kier molecular flexibility index (Phi) is 6.16. The summed E-state index contributed by atoms with van der Waals surface area (Å²) in [5, 5.41) is 2.18. The molecule has 7 heteroatoms. The maximum Gasteiger partial charge on any atom is 0.226 e. The molecule has 0 aliphatic rings. The molecule has 2 aromatic carbocycles. The molecule has 0 bridgehead atoms. The molecule has 0 spiro atoms. The molecule has 0 radical (unpaired) electrons. The summed E-state index contributed by atoms with van der Waals surface area (Å²) < 4.78 is 39.6. The number of rotatable bonds is 6. The second kappa shape index (κ2) is 8.32. The number of nitrogens with one attached hydrogen (secondary N) is 1. The van der Waals surface area contributed by atoms with Gasteiger partial charge in [0.1, 0.15) is 0 Å². The van der Waals surface area contributed by atoms with Crippen LogP contribution in [0.3, 0.4) is 0 Å². The summed E-state index contributed by atoms with van der Waals surface area (Å²) in [6.07, 6.45) is -0.106. The van der Waals surface area contributed by atoms with Gasteiger partial charge in [0.25, 0.3) is 0 Å². The van der Waals surface area contributed by atoms with Crippen LogP contribution in [0.15, 0.2) is 42.5 Å². The fraction of sp³-hybridized carbons (Fsp3) is 0.222. The molecule has 0 heterocycles. The second-order valence-corrected chi connectivity index (χ2v) is 5.45. The maximum atomic E-state index is 13.5. The Morgan fingerprint density at radius 2 is 1.68 bits per heavy atom. The molecule has 0 fully saturated rings. The van der Waals surface area contributed by atoms with Crippen molar-refractivity contribution in [3.8, 4) is 0 Å². The topological polar surface area (TPSA) is 49.4 Å². The van der Waals surface area contributed by atoms with Gasteiger partial charge >= 0.3 is 0 Å². The Morgan fingerprint density at radius 1 is 1.00 bits per heavy atom. The van der Waals surface area contributed by atoms with E-state index in [2.05, 4.69) is 5.32 Å². The highest BCUT2D eigenvalue weighted by atomic mass is 19.2. The van der Waals surface area contributed by atoms with Crippen molar-refractivity contribution in [1.82, 2.24) is 4.90 Å². The Labute approximate surface area is 143 Å². The molecule has 2 rings (SSSR count). The van der Waals surface area contributed by atoms with Gasteiger partial charge in [-0.15, -0.1) is 0 Å². The van der Waals surface area contributed by atoms with E-state index in [4.69, 9.17) is 0 Å². The van der Waals surface area contributed by atoms with Crippen LogP contribution in [0.2, 0.25) is 0 Å². The van der Waals surface area contributed by atoms with Crippen LogP contribution in [-0.4, -0.2) is 23.3 Å². The van der Waals surface area contributed by atoms with Gasteiger partial charge in [-0.05, 0) is 17.7 Å². The number of carbonyl (C=O) groups excluding carboxylic acids is 2. The summed E-state index contributed by atoms with van der Waals surface area (Å²) in [7, 11) is 0. The number of carbonyl (C=O) groups is 2. The van der Waals surface area contributed by atoms with Gasteiger partial charge < -0.3 is 10.2 Å².